The number of nitrogens with zero attached hydrogens (tertiary/aromatic N) is 6. The van der Waals surface area contributed by atoms with Gasteiger partial charge in [0, 0.05) is 23.6 Å². The lowest BCUT2D eigenvalue weighted by Crippen LogP contribution is -2.27. The molecule has 9 rings (SSSR count). The first-order valence-electron chi connectivity index (χ1n) is 17.8. The number of aromatic nitrogens is 6. The van der Waals surface area contributed by atoms with Crippen molar-refractivity contribution < 1.29 is 27.8 Å². The smallest absolute Gasteiger partial charge is 0.266 e. The van der Waals surface area contributed by atoms with Crippen LogP contribution < -0.4 is 15.8 Å². The Kier molecular flexibility index (Phi) is 8.96. The Balaban J connectivity index is 1.02. The number of aryl methyl sites for hydroxylation is 1. The number of anilines is 1. The van der Waals surface area contributed by atoms with Crippen LogP contribution in [0.1, 0.15) is 63.4 Å². The van der Waals surface area contributed by atoms with Gasteiger partial charge in [0.15, 0.2) is 23.6 Å². The molecule has 3 N–H and O–H groups in total. The molecule has 1 aliphatic heterocycles. The van der Waals surface area contributed by atoms with Crippen LogP contribution in [-0.4, -0.2) is 48.4 Å². The summed E-state index contributed by atoms with van der Waals surface area (Å²) in [5, 5.41) is 7.34. The Morgan fingerprint density at radius 1 is 0.964 bits per heavy atom. The van der Waals surface area contributed by atoms with E-state index in [9.17, 15) is 13.6 Å². The molecule has 14 heteroatoms. The molecule has 1 unspecified atom stereocenters. The molecule has 3 aromatic carbocycles. The van der Waals surface area contributed by atoms with Gasteiger partial charge in [0.2, 0.25) is 0 Å². The second kappa shape index (κ2) is 14.4. The maximum absolute atomic E-state index is 13.8. The van der Waals surface area contributed by atoms with Gasteiger partial charge in [-0.1, -0.05) is 36.4 Å². The highest BCUT2D eigenvalue weighted by molar-refractivity contribution is 5.95. The van der Waals surface area contributed by atoms with E-state index >= 15 is 0 Å². The van der Waals surface area contributed by atoms with E-state index in [1.807, 2.05) is 53.1 Å². The van der Waals surface area contributed by atoms with Crippen LogP contribution in [-0.2, 0) is 22.5 Å². The molecule has 1 fully saturated rings. The van der Waals surface area contributed by atoms with Crippen molar-refractivity contribution in [2.45, 2.75) is 38.2 Å². The van der Waals surface area contributed by atoms with Crippen LogP contribution in [0.25, 0.3) is 34.1 Å². The van der Waals surface area contributed by atoms with Crippen LogP contribution in [0.2, 0.25) is 0 Å². The number of fused-ring (bicyclic) bond motifs is 2. The van der Waals surface area contributed by atoms with Crippen LogP contribution in [0.4, 0.5) is 14.6 Å². The summed E-state index contributed by atoms with van der Waals surface area (Å²) in [4.78, 5) is 27.8. The third kappa shape index (κ3) is 6.66. The van der Waals surface area contributed by atoms with E-state index in [0.29, 0.717) is 77.3 Å². The highest BCUT2D eigenvalue weighted by Crippen LogP contribution is 2.37. The number of nitrogens with one attached hydrogen (secondary N) is 1. The van der Waals surface area contributed by atoms with Crippen molar-refractivity contribution in [3.63, 3.8) is 0 Å². The number of nitrogens with two attached hydrogens (primary N) is 1. The Morgan fingerprint density at radius 2 is 1.82 bits per heavy atom. The number of ether oxygens (including phenoxy) is 3. The summed E-state index contributed by atoms with van der Waals surface area (Å²) in [5.74, 6) is 1.52. The number of rotatable bonds is 10. The number of carbonyl (C=O) groups excluding carboxylic acids is 1. The number of amides is 1. The Hall–Kier alpha value is -6.51. The van der Waals surface area contributed by atoms with Gasteiger partial charge >= 0.3 is 0 Å². The number of imidazole rings is 1. The summed E-state index contributed by atoms with van der Waals surface area (Å²) in [6, 6.07) is 28.0. The summed E-state index contributed by atoms with van der Waals surface area (Å²) >= 11 is 0. The second-order valence-electron chi connectivity index (χ2n) is 13.3. The first kappa shape index (κ1) is 34.3. The second-order valence-corrected chi connectivity index (χ2v) is 13.3. The monoisotopic (exact) mass is 740 g/mol. The molecule has 0 bridgehead atoms. The molecule has 4 aromatic heterocycles. The van der Waals surface area contributed by atoms with Crippen molar-refractivity contribution >= 4 is 22.9 Å². The highest BCUT2D eigenvalue weighted by Gasteiger charge is 2.28. The number of pyridine rings is 2. The van der Waals surface area contributed by atoms with E-state index in [0.717, 1.165) is 35.0 Å². The van der Waals surface area contributed by atoms with Gasteiger partial charge in [-0.3, -0.25) is 9.36 Å². The summed E-state index contributed by atoms with van der Waals surface area (Å²) in [6.07, 6.45) is 2.12. The minimum atomic E-state index is -2.66. The average Bonchev–Trinajstić information content (AvgIpc) is 4.04. The maximum atomic E-state index is 13.8. The first-order valence-corrected chi connectivity index (χ1v) is 17.8. The van der Waals surface area contributed by atoms with Crippen LogP contribution in [0.3, 0.4) is 0 Å². The average molecular weight is 741 g/mol. The van der Waals surface area contributed by atoms with E-state index in [-0.39, 0.29) is 17.5 Å². The van der Waals surface area contributed by atoms with Crippen molar-refractivity contribution in [3.05, 3.63) is 143 Å². The normalized spacial score (nSPS) is 15.5. The number of hydrogen-bond acceptors (Lipinski definition) is 9. The lowest BCUT2D eigenvalue weighted by atomic mass is 10.1. The fourth-order valence-electron chi connectivity index (χ4n) is 7.09. The van der Waals surface area contributed by atoms with Crippen molar-refractivity contribution in [1.82, 2.24) is 34.6 Å². The maximum Gasteiger partial charge on any atom is 0.266 e. The van der Waals surface area contributed by atoms with Crippen LogP contribution in [0.5, 0.6) is 5.75 Å². The van der Waals surface area contributed by atoms with E-state index in [2.05, 4.69) is 21.5 Å². The largest absolute Gasteiger partial charge is 0.488 e. The molecule has 1 atom stereocenters. The zero-order valence-electron chi connectivity index (χ0n) is 29.3. The molecule has 55 heavy (non-hydrogen) atoms. The van der Waals surface area contributed by atoms with Crippen LogP contribution >= 0.6 is 0 Å². The molecule has 1 saturated heterocycles. The number of nitrogen functional groups attached to an aromatic ring is 1. The fourth-order valence-corrected chi connectivity index (χ4v) is 7.09. The minimum Gasteiger partial charge on any atom is -0.488 e. The molecule has 2 aliphatic rings. The van der Waals surface area contributed by atoms with Gasteiger partial charge < -0.3 is 25.3 Å². The van der Waals surface area contributed by atoms with E-state index in [4.69, 9.17) is 29.9 Å². The quantitative estimate of drug-likeness (QED) is 0.148. The van der Waals surface area contributed by atoms with Gasteiger partial charge in [0.05, 0.1) is 42.1 Å². The Morgan fingerprint density at radius 3 is 2.62 bits per heavy atom. The molecular formula is C41H34F2N8O4. The number of alkyl halides is 2. The number of hydrogen-bond donors (Lipinski definition) is 2. The molecule has 1 amide bonds. The summed E-state index contributed by atoms with van der Waals surface area (Å²) in [7, 11) is 0. The van der Waals surface area contributed by atoms with Gasteiger partial charge in [-0.2, -0.15) is 5.10 Å². The Labute approximate surface area is 313 Å². The van der Waals surface area contributed by atoms with E-state index in [1.165, 1.54) is 10.9 Å². The summed E-state index contributed by atoms with van der Waals surface area (Å²) in [6.45, 7) is 1.27. The molecular weight excluding hydrogens is 706 g/mol. The summed E-state index contributed by atoms with van der Waals surface area (Å²) in [5.41, 5.74) is 12.7. The molecule has 7 aromatic rings. The molecule has 0 spiro atoms. The molecule has 276 valence electrons. The molecule has 0 radical (unpaired) electrons. The molecule has 12 nitrogen and oxygen atoms in total. The van der Waals surface area contributed by atoms with Crippen molar-refractivity contribution in [2.75, 3.05) is 18.9 Å². The number of benzene rings is 3. The van der Waals surface area contributed by atoms with Crippen LogP contribution in [0.15, 0.2) is 110 Å². The Bertz CT molecular complexity index is 2530. The third-order valence-corrected chi connectivity index (χ3v) is 9.81. The standard InChI is InChI=1S/C41H34F2N8O4/c42-36(43)27-21-46-50(22-27)35-15-13-33-39(49-35)51(38(47-33)30-7-4-16-45-37(30)44)28-10-11-29-25(19-28)8-12-32(29)48-40(52)26-9-14-34(31(20-26)41-53-17-18-54-41)55-23-24-5-2-1-3-6-24/h1-7,9-11,13-16,19-22,32,36,41H,8,12,17-18,23H2,(H2,44,45)(H,48,52). The van der Waals surface area contributed by atoms with Crippen molar-refractivity contribution in [3.8, 4) is 28.6 Å². The lowest BCUT2D eigenvalue weighted by Gasteiger charge is -2.19. The highest BCUT2D eigenvalue weighted by atomic mass is 19.3. The first-order chi connectivity index (χ1) is 26.9. The predicted molar refractivity (Wildman–Crippen MR) is 199 cm³/mol. The van der Waals surface area contributed by atoms with Crippen LogP contribution in [0, 0.1) is 0 Å². The zero-order valence-corrected chi connectivity index (χ0v) is 29.3. The van der Waals surface area contributed by atoms with Gasteiger partial charge in [0.1, 0.15) is 23.7 Å². The van der Waals surface area contributed by atoms with Gasteiger partial charge in [-0.15, -0.1) is 0 Å². The van der Waals surface area contributed by atoms with Crippen molar-refractivity contribution in [1.29, 1.82) is 0 Å². The van der Waals surface area contributed by atoms with Gasteiger partial charge in [-0.25, -0.2) is 28.4 Å². The lowest BCUT2D eigenvalue weighted by molar-refractivity contribution is -0.0459. The van der Waals surface area contributed by atoms with Crippen molar-refractivity contribution in [2.24, 2.45) is 0 Å². The number of carbonyl (C=O) groups is 1. The summed E-state index contributed by atoms with van der Waals surface area (Å²) < 4.78 is 47.7. The van der Waals surface area contributed by atoms with Gasteiger partial charge in [0.25, 0.3) is 12.3 Å². The topological polar surface area (TPSA) is 144 Å². The molecule has 0 saturated carbocycles. The minimum absolute atomic E-state index is 0.207. The number of halogens is 2. The molecule has 5 heterocycles. The van der Waals surface area contributed by atoms with Gasteiger partial charge in [-0.05, 0) is 84.1 Å². The third-order valence-electron chi connectivity index (χ3n) is 9.81. The predicted octanol–water partition coefficient (Wildman–Crippen LogP) is 7.23. The fraction of sp³-hybridized carbons (Fsp3) is 0.195. The zero-order chi connectivity index (χ0) is 37.5. The molecule has 1 aliphatic carbocycles. The van der Waals surface area contributed by atoms with E-state index < -0.39 is 12.7 Å². The SMILES string of the molecule is Nc1ncccc1-c1nc2ccc(-n3cc(C(F)F)cn3)nc2n1-c1ccc2c(c1)CCC2NC(=O)c1ccc(OCc2ccccc2)c(C2OCCO2)c1. The van der Waals surface area contributed by atoms with E-state index in [1.54, 1.807) is 42.6 Å².